The topological polar surface area (TPSA) is 113 Å². The molecule has 1 fully saturated rings. The molecule has 3 N–H and O–H groups in total. The SMILES string of the molecule is CCC(=O)NC1(C)CC(Nc2ncc3c(-c4ccc5nc(C)n(CC(F)F)c5n4)c[nH]c3n2)C1. The third kappa shape index (κ3) is 4.06. The van der Waals surface area contributed by atoms with Crippen molar-refractivity contribution in [3.05, 3.63) is 30.4 Å². The predicted molar refractivity (Wildman–Crippen MR) is 125 cm³/mol. The van der Waals surface area contributed by atoms with Gasteiger partial charge in [-0.1, -0.05) is 6.92 Å². The number of nitrogens with zero attached hydrogens (tertiary/aromatic N) is 5. The molecule has 9 nitrogen and oxygen atoms in total. The van der Waals surface area contributed by atoms with Crippen molar-refractivity contribution >= 4 is 34.1 Å². The van der Waals surface area contributed by atoms with Gasteiger partial charge in [-0.15, -0.1) is 0 Å². The van der Waals surface area contributed by atoms with E-state index in [2.05, 4.69) is 35.6 Å². The average Bonchev–Trinajstić information content (AvgIpc) is 3.32. The van der Waals surface area contributed by atoms with Gasteiger partial charge >= 0.3 is 0 Å². The average molecular weight is 469 g/mol. The molecule has 1 amide bonds. The highest BCUT2D eigenvalue weighted by atomic mass is 19.3. The Bertz CT molecular complexity index is 1370. The van der Waals surface area contributed by atoms with Crippen LogP contribution < -0.4 is 10.6 Å². The summed E-state index contributed by atoms with van der Waals surface area (Å²) in [6, 6.07) is 3.78. The maximum absolute atomic E-state index is 13.0. The summed E-state index contributed by atoms with van der Waals surface area (Å²) in [5.41, 5.74) is 2.85. The molecule has 0 atom stereocenters. The summed E-state index contributed by atoms with van der Waals surface area (Å²) >= 11 is 0. The molecule has 1 aliphatic carbocycles. The van der Waals surface area contributed by atoms with Gasteiger partial charge in [0.05, 0.1) is 12.2 Å². The number of imidazole rings is 1. The number of aromatic nitrogens is 6. The van der Waals surface area contributed by atoms with Gasteiger partial charge < -0.3 is 20.2 Å². The molecule has 0 bridgehead atoms. The summed E-state index contributed by atoms with van der Waals surface area (Å²) in [5, 5.41) is 7.16. The summed E-state index contributed by atoms with van der Waals surface area (Å²) in [6.07, 6.45) is 3.08. The summed E-state index contributed by atoms with van der Waals surface area (Å²) in [5.74, 6) is 1.06. The second-order valence-electron chi connectivity index (χ2n) is 9.07. The molecule has 4 heterocycles. The number of amides is 1. The second-order valence-corrected chi connectivity index (χ2v) is 9.07. The number of H-pyrrole nitrogens is 1. The van der Waals surface area contributed by atoms with E-state index in [4.69, 9.17) is 0 Å². The number of halogens is 2. The van der Waals surface area contributed by atoms with E-state index in [1.54, 1.807) is 25.4 Å². The first-order valence-electron chi connectivity index (χ1n) is 11.3. The van der Waals surface area contributed by atoms with E-state index in [9.17, 15) is 13.6 Å². The Hall–Kier alpha value is -3.63. The molecule has 178 valence electrons. The van der Waals surface area contributed by atoms with Crippen LogP contribution in [0.3, 0.4) is 0 Å². The van der Waals surface area contributed by atoms with Gasteiger partial charge in [0.1, 0.15) is 17.0 Å². The number of hydrogen-bond donors (Lipinski definition) is 3. The molecular weight excluding hydrogens is 442 g/mol. The number of rotatable bonds is 7. The summed E-state index contributed by atoms with van der Waals surface area (Å²) < 4.78 is 27.5. The van der Waals surface area contributed by atoms with Crippen LogP contribution in [0.2, 0.25) is 0 Å². The van der Waals surface area contributed by atoms with Crippen molar-refractivity contribution in [1.29, 1.82) is 0 Å². The van der Waals surface area contributed by atoms with Gasteiger partial charge in [0.2, 0.25) is 11.9 Å². The fourth-order valence-corrected chi connectivity index (χ4v) is 4.65. The maximum atomic E-state index is 13.0. The van der Waals surface area contributed by atoms with Gasteiger partial charge in [0.15, 0.2) is 5.65 Å². The van der Waals surface area contributed by atoms with E-state index in [-0.39, 0.29) is 17.5 Å². The smallest absolute Gasteiger partial charge is 0.256 e. The van der Waals surface area contributed by atoms with Crippen molar-refractivity contribution in [2.24, 2.45) is 0 Å². The number of alkyl halides is 2. The van der Waals surface area contributed by atoms with Gasteiger partial charge in [-0.25, -0.2) is 23.7 Å². The molecule has 1 aliphatic rings. The normalized spacial score (nSPS) is 20.1. The van der Waals surface area contributed by atoms with Crippen molar-refractivity contribution < 1.29 is 13.6 Å². The minimum atomic E-state index is -2.49. The lowest BCUT2D eigenvalue weighted by Crippen LogP contribution is -2.59. The Morgan fingerprint density at radius 3 is 2.82 bits per heavy atom. The van der Waals surface area contributed by atoms with Crippen LogP contribution in [0, 0.1) is 6.92 Å². The van der Waals surface area contributed by atoms with Crippen LogP contribution >= 0.6 is 0 Å². The maximum Gasteiger partial charge on any atom is 0.256 e. The first-order valence-corrected chi connectivity index (χ1v) is 11.3. The predicted octanol–water partition coefficient (Wildman–Crippen LogP) is 3.80. The fourth-order valence-electron chi connectivity index (χ4n) is 4.65. The highest BCUT2D eigenvalue weighted by Crippen LogP contribution is 2.34. The van der Waals surface area contributed by atoms with Crippen LogP contribution in [-0.4, -0.2) is 53.4 Å². The monoisotopic (exact) mass is 468 g/mol. The van der Waals surface area contributed by atoms with Crippen LogP contribution in [0.1, 0.15) is 38.9 Å². The molecule has 5 rings (SSSR count). The van der Waals surface area contributed by atoms with Gasteiger partial charge in [-0.3, -0.25) is 4.79 Å². The first kappa shape index (κ1) is 22.2. The Labute approximate surface area is 194 Å². The van der Waals surface area contributed by atoms with Crippen LogP contribution in [0.25, 0.3) is 33.5 Å². The molecule has 0 spiro atoms. The zero-order valence-electron chi connectivity index (χ0n) is 19.2. The highest BCUT2D eigenvalue weighted by molar-refractivity contribution is 5.93. The number of carbonyl (C=O) groups excluding carboxylic acids is 1. The van der Waals surface area contributed by atoms with Gasteiger partial charge in [-0.05, 0) is 38.8 Å². The molecule has 11 heteroatoms. The quantitative estimate of drug-likeness (QED) is 0.380. The number of fused-ring (bicyclic) bond motifs is 2. The van der Waals surface area contributed by atoms with E-state index in [1.165, 1.54) is 4.57 Å². The highest BCUT2D eigenvalue weighted by Gasteiger charge is 2.41. The zero-order valence-corrected chi connectivity index (χ0v) is 19.2. The molecule has 4 aromatic rings. The van der Waals surface area contributed by atoms with Gasteiger partial charge in [-0.2, -0.15) is 4.98 Å². The van der Waals surface area contributed by atoms with Crippen molar-refractivity contribution in [3.8, 4) is 11.3 Å². The molecule has 0 aliphatic heterocycles. The van der Waals surface area contributed by atoms with Crippen LogP contribution in [0.15, 0.2) is 24.5 Å². The minimum Gasteiger partial charge on any atom is -0.351 e. The fraction of sp³-hybridized carbons (Fsp3) is 0.435. The molecule has 34 heavy (non-hydrogen) atoms. The van der Waals surface area contributed by atoms with Crippen LogP contribution in [0.4, 0.5) is 14.7 Å². The number of nitrogens with one attached hydrogen (secondary N) is 3. The Kier molecular flexibility index (Phi) is 5.41. The molecular formula is C23H26F2N8O. The van der Waals surface area contributed by atoms with E-state index in [0.29, 0.717) is 40.7 Å². The summed E-state index contributed by atoms with van der Waals surface area (Å²) in [6.45, 7) is 5.12. The third-order valence-corrected chi connectivity index (χ3v) is 6.30. The van der Waals surface area contributed by atoms with Gasteiger partial charge in [0, 0.05) is 41.3 Å². The standard InChI is InChI=1S/C23H26F2N8O/c1-4-19(34)32-23(3)7-13(8-23)29-22-27-10-15-14(9-26-20(15)31-22)16-5-6-17-21(30-16)33(11-18(24)25)12(2)28-17/h5-6,9-10,13,18H,4,7-8,11H2,1-3H3,(H,32,34)(H2,26,27,29,31). The number of pyridine rings is 1. The largest absolute Gasteiger partial charge is 0.351 e. The van der Waals surface area contributed by atoms with Crippen molar-refractivity contribution in [2.75, 3.05) is 5.32 Å². The van der Waals surface area contributed by atoms with E-state index < -0.39 is 13.0 Å². The lowest BCUT2D eigenvalue weighted by Gasteiger charge is -2.45. The molecule has 0 unspecified atom stereocenters. The lowest BCUT2D eigenvalue weighted by atomic mass is 9.74. The molecule has 0 radical (unpaired) electrons. The Morgan fingerprint density at radius 2 is 2.09 bits per heavy atom. The number of aryl methyl sites for hydroxylation is 1. The van der Waals surface area contributed by atoms with Crippen LogP contribution in [-0.2, 0) is 11.3 Å². The third-order valence-electron chi connectivity index (χ3n) is 6.30. The molecule has 0 aromatic carbocycles. The summed E-state index contributed by atoms with van der Waals surface area (Å²) in [4.78, 5) is 32.8. The number of carbonyl (C=O) groups is 1. The lowest BCUT2D eigenvalue weighted by molar-refractivity contribution is -0.123. The number of anilines is 1. The minimum absolute atomic E-state index is 0.0525. The molecule has 1 saturated carbocycles. The van der Waals surface area contributed by atoms with E-state index in [1.807, 2.05) is 19.9 Å². The molecule has 4 aromatic heterocycles. The Morgan fingerprint density at radius 1 is 1.29 bits per heavy atom. The summed E-state index contributed by atoms with van der Waals surface area (Å²) in [7, 11) is 0. The van der Waals surface area contributed by atoms with E-state index in [0.717, 1.165) is 23.8 Å². The van der Waals surface area contributed by atoms with E-state index >= 15 is 0 Å². The number of hydrogen-bond acceptors (Lipinski definition) is 6. The van der Waals surface area contributed by atoms with Crippen LogP contribution in [0.5, 0.6) is 0 Å². The van der Waals surface area contributed by atoms with Crippen molar-refractivity contribution in [3.63, 3.8) is 0 Å². The van der Waals surface area contributed by atoms with Crippen molar-refractivity contribution in [1.82, 2.24) is 34.8 Å². The second kappa shape index (κ2) is 8.30. The van der Waals surface area contributed by atoms with Gasteiger partial charge in [0.25, 0.3) is 6.43 Å². The Balaban J connectivity index is 1.36. The first-order chi connectivity index (χ1) is 16.2. The zero-order chi connectivity index (χ0) is 24.0. The van der Waals surface area contributed by atoms with Crippen molar-refractivity contribution in [2.45, 2.75) is 64.6 Å². The molecule has 0 saturated heterocycles. The number of aromatic amines is 1.